The first-order valence-corrected chi connectivity index (χ1v) is 11.7. The molecule has 170 valence electrons. The van der Waals surface area contributed by atoms with E-state index in [0.717, 1.165) is 27.8 Å². The highest BCUT2D eigenvalue weighted by atomic mass is 32.2. The van der Waals surface area contributed by atoms with Crippen molar-refractivity contribution in [3.05, 3.63) is 57.0 Å². The molecule has 0 saturated carbocycles. The maximum absolute atomic E-state index is 12.9. The Hall–Kier alpha value is -3.09. The zero-order chi connectivity index (χ0) is 23.5. The summed E-state index contributed by atoms with van der Waals surface area (Å²) in [6, 6.07) is 5.98. The summed E-state index contributed by atoms with van der Waals surface area (Å²) in [5.41, 5.74) is 0.684. The van der Waals surface area contributed by atoms with Crippen LogP contribution in [-0.4, -0.2) is 50.2 Å². The number of esters is 1. The number of hydrogen-bond acceptors (Lipinski definition) is 9. The molecule has 2 heterocycles. The molecule has 2 aromatic heterocycles. The summed E-state index contributed by atoms with van der Waals surface area (Å²) in [5.74, 6) is -1.50. The quantitative estimate of drug-likeness (QED) is 0.378. The first kappa shape index (κ1) is 23.6. The summed E-state index contributed by atoms with van der Waals surface area (Å²) in [4.78, 5) is 42.1. The van der Waals surface area contributed by atoms with Gasteiger partial charge in [-0.2, -0.15) is 0 Å². The highest BCUT2D eigenvalue weighted by Crippen LogP contribution is 2.27. The minimum Gasteiger partial charge on any atom is -0.459 e. The summed E-state index contributed by atoms with van der Waals surface area (Å²) < 4.78 is 37.6. The van der Waals surface area contributed by atoms with Gasteiger partial charge in [-0.3, -0.25) is 14.2 Å². The number of aryl methyl sites for hydroxylation is 2. The molecule has 10 nitrogen and oxygen atoms in total. The van der Waals surface area contributed by atoms with Crippen molar-refractivity contribution < 1.29 is 27.5 Å². The number of ether oxygens (including phenoxy) is 2. The van der Waals surface area contributed by atoms with Crippen molar-refractivity contribution >= 4 is 43.5 Å². The van der Waals surface area contributed by atoms with Crippen molar-refractivity contribution in [3.8, 4) is 0 Å². The minimum atomic E-state index is -4.08. The zero-order valence-electron chi connectivity index (χ0n) is 17.6. The van der Waals surface area contributed by atoms with Gasteiger partial charge in [0, 0.05) is 7.11 Å². The van der Waals surface area contributed by atoms with E-state index in [1.807, 2.05) is 11.6 Å². The Morgan fingerprint density at radius 2 is 1.84 bits per heavy atom. The molecule has 3 rings (SSSR count). The van der Waals surface area contributed by atoms with Gasteiger partial charge in [-0.25, -0.2) is 22.9 Å². The molecule has 0 spiro atoms. The van der Waals surface area contributed by atoms with Crippen LogP contribution in [0.25, 0.3) is 10.2 Å². The van der Waals surface area contributed by atoms with Gasteiger partial charge in [0.05, 0.1) is 23.2 Å². The summed E-state index contributed by atoms with van der Waals surface area (Å²) in [6.45, 7) is 3.14. The number of sulfonamides is 1. The molecule has 32 heavy (non-hydrogen) atoms. The Bertz CT molecular complexity index is 1330. The normalized spacial score (nSPS) is 11.5. The summed E-state index contributed by atoms with van der Waals surface area (Å²) in [6.07, 6.45) is 1.14. The molecule has 0 radical (unpaired) electrons. The van der Waals surface area contributed by atoms with Crippen molar-refractivity contribution in [1.29, 1.82) is 0 Å². The Kier molecular flexibility index (Phi) is 7.06. The number of rotatable bonds is 8. The van der Waals surface area contributed by atoms with Crippen LogP contribution in [0, 0.1) is 13.8 Å². The van der Waals surface area contributed by atoms with Gasteiger partial charge >= 0.3 is 5.97 Å². The van der Waals surface area contributed by atoms with E-state index in [2.05, 4.69) is 4.98 Å². The molecule has 0 aliphatic rings. The average molecular weight is 480 g/mol. The molecule has 0 fully saturated rings. The third-order valence-corrected chi connectivity index (χ3v) is 7.09. The van der Waals surface area contributed by atoms with Gasteiger partial charge < -0.3 is 9.47 Å². The number of methoxy groups -OCH3 is 1. The van der Waals surface area contributed by atoms with Crippen LogP contribution in [0.4, 0.5) is 0 Å². The lowest BCUT2D eigenvalue weighted by atomic mass is 10.2. The monoisotopic (exact) mass is 479 g/mol. The second kappa shape index (κ2) is 9.59. The number of benzene rings is 1. The summed E-state index contributed by atoms with van der Waals surface area (Å²) >= 11 is 1.00. The van der Waals surface area contributed by atoms with E-state index in [9.17, 15) is 22.8 Å². The predicted octanol–water partition coefficient (Wildman–Crippen LogP) is 1.38. The molecule has 1 aromatic carbocycles. The summed E-state index contributed by atoms with van der Waals surface area (Å²) in [7, 11) is -2.60. The molecule has 0 atom stereocenters. The number of carbonyl (C=O) groups excluding carboxylic acids is 2. The van der Waals surface area contributed by atoms with E-state index >= 15 is 0 Å². The van der Waals surface area contributed by atoms with Crippen molar-refractivity contribution in [3.63, 3.8) is 0 Å². The van der Waals surface area contributed by atoms with Crippen LogP contribution in [-0.2, 0) is 30.8 Å². The van der Waals surface area contributed by atoms with Crippen molar-refractivity contribution in [2.45, 2.75) is 25.3 Å². The molecule has 0 aliphatic heterocycles. The van der Waals surface area contributed by atoms with Crippen LogP contribution in [0.15, 0.2) is 40.3 Å². The lowest BCUT2D eigenvalue weighted by Crippen LogP contribution is -2.36. The SMILES string of the molecule is COCCOC(=O)c1sc2ncn(CC(=O)NS(=O)(=O)c3ccc(C)cc3)c(=O)c2c1C. The number of aromatic nitrogens is 2. The highest BCUT2D eigenvalue weighted by molar-refractivity contribution is 7.90. The molecule has 12 heteroatoms. The lowest BCUT2D eigenvalue weighted by Gasteiger charge is -2.09. The summed E-state index contributed by atoms with van der Waals surface area (Å²) in [5, 5.41) is 0.172. The zero-order valence-corrected chi connectivity index (χ0v) is 19.2. The van der Waals surface area contributed by atoms with Crippen LogP contribution < -0.4 is 10.3 Å². The molecular formula is C20H21N3O7S2. The van der Waals surface area contributed by atoms with E-state index in [0.29, 0.717) is 10.4 Å². The van der Waals surface area contributed by atoms with Gasteiger partial charge in [-0.05, 0) is 31.5 Å². The Balaban J connectivity index is 1.82. The third kappa shape index (κ3) is 5.03. The van der Waals surface area contributed by atoms with Gasteiger partial charge in [0.2, 0.25) is 0 Å². The Labute approximate surface area is 187 Å². The predicted molar refractivity (Wildman–Crippen MR) is 117 cm³/mol. The van der Waals surface area contributed by atoms with E-state index in [1.54, 1.807) is 19.1 Å². The van der Waals surface area contributed by atoms with Gasteiger partial charge in [0.1, 0.15) is 22.9 Å². The topological polar surface area (TPSA) is 134 Å². The van der Waals surface area contributed by atoms with Crippen LogP contribution in [0.1, 0.15) is 20.8 Å². The smallest absolute Gasteiger partial charge is 0.348 e. The maximum atomic E-state index is 12.9. The van der Waals surface area contributed by atoms with Crippen molar-refractivity contribution in [1.82, 2.24) is 14.3 Å². The van der Waals surface area contributed by atoms with Crippen LogP contribution in [0.5, 0.6) is 0 Å². The second-order valence-corrected chi connectivity index (χ2v) is 9.57. The fourth-order valence-corrected chi connectivity index (χ4v) is 4.87. The van der Waals surface area contributed by atoms with E-state index in [-0.39, 0.29) is 28.4 Å². The number of amides is 1. The number of nitrogens with zero attached hydrogens (tertiary/aromatic N) is 2. The standard InChI is InChI=1S/C20H21N3O7S2/c1-12-4-6-14(7-5-12)32(27,28)22-15(24)10-23-11-21-18-16(19(23)25)13(2)17(31-18)20(26)30-9-8-29-3/h4-7,11H,8-10H2,1-3H3,(H,22,24). The minimum absolute atomic E-state index is 0.0658. The first-order chi connectivity index (χ1) is 15.1. The van der Waals surface area contributed by atoms with Gasteiger partial charge in [-0.15, -0.1) is 11.3 Å². The van der Waals surface area contributed by atoms with E-state index in [1.165, 1.54) is 19.2 Å². The van der Waals surface area contributed by atoms with Crippen molar-refractivity contribution in [2.24, 2.45) is 0 Å². The van der Waals surface area contributed by atoms with Crippen LogP contribution >= 0.6 is 11.3 Å². The number of fused-ring (bicyclic) bond motifs is 1. The largest absolute Gasteiger partial charge is 0.459 e. The fraction of sp³-hybridized carbons (Fsp3) is 0.300. The Morgan fingerprint density at radius 3 is 2.50 bits per heavy atom. The molecule has 0 aliphatic carbocycles. The molecule has 1 N–H and O–H groups in total. The lowest BCUT2D eigenvalue weighted by molar-refractivity contribution is -0.119. The molecule has 0 bridgehead atoms. The highest BCUT2D eigenvalue weighted by Gasteiger charge is 2.22. The number of hydrogen-bond donors (Lipinski definition) is 1. The molecule has 3 aromatic rings. The fourth-order valence-electron chi connectivity index (χ4n) is 2.86. The van der Waals surface area contributed by atoms with E-state index in [4.69, 9.17) is 9.47 Å². The van der Waals surface area contributed by atoms with Gasteiger partial charge in [0.15, 0.2) is 0 Å². The van der Waals surface area contributed by atoms with Gasteiger partial charge in [-0.1, -0.05) is 17.7 Å². The average Bonchev–Trinajstić information content (AvgIpc) is 3.07. The third-order valence-electron chi connectivity index (χ3n) is 4.52. The molecule has 0 unspecified atom stereocenters. The molecular weight excluding hydrogens is 458 g/mol. The first-order valence-electron chi connectivity index (χ1n) is 9.41. The molecule has 1 amide bonds. The van der Waals surface area contributed by atoms with Crippen LogP contribution in [0.3, 0.4) is 0 Å². The van der Waals surface area contributed by atoms with Crippen LogP contribution in [0.2, 0.25) is 0 Å². The second-order valence-electron chi connectivity index (χ2n) is 6.88. The Morgan fingerprint density at radius 1 is 1.16 bits per heavy atom. The number of thiophene rings is 1. The van der Waals surface area contributed by atoms with E-state index < -0.39 is 34.0 Å². The number of carbonyl (C=O) groups is 2. The van der Waals surface area contributed by atoms with Crippen molar-refractivity contribution in [2.75, 3.05) is 20.3 Å². The maximum Gasteiger partial charge on any atom is 0.348 e. The number of nitrogens with one attached hydrogen (secondary N) is 1. The van der Waals surface area contributed by atoms with Gasteiger partial charge in [0.25, 0.3) is 21.5 Å². The molecule has 0 saturated heterocycles.